The first-order valence-electron chi connectivity index (χ1n) is 8.01. The Kier molecular flexibility index (Phi) is 3.93. The van der Waals surface area contributed by atoms with Gasteiger partial charge in [0.2, 0.25) is 11.7 Å². The molecular formula is C19H15ClN2O3. The van der Waals surface area contributed by atoms with Gasteiger partial charge in [0.05, 0.1) is 0 Å². The Hall–Kier alpha value is -2.79. The Labute approximate surface area is 149 Å². The number of rotatable bonds is 4. The van der Waals surface area contributed by atoms with Crippen LogP contribution in [-0.4, -0.2) is 11.8 Å². The minimum absolute atomic E-state index is 0.0255. The summed E-state index contributed by atoms with van der Waals surface area (Å²) in [5.74, 6) is -0.416. The molecule has 1 aromatic heterocycles. The lowest BCUT2D eigenvalue weighted by molar-refractivity contribution is -0.117. The highest BCUT2D eigenvalue weighted by atomic mass is 35.5. The van der Waals surface area contributed by atoms with Gasteiger partial charge in [-0.25, -0.2) is 0 Å². The molecule has 2 N–H and O–H groups in total. The van der Waals surface area contributed by atoms with E-state index >= 15 is 0 Å². The molecule has 1 aliphatic carbocycles. The van der Waals surface area contributed by atoms with E-state index in [-0.39, 0.29) is 17.6 Å². The van der Waals surface area contributed by atoms with E-state index in [0.29, 0.717) is 27.4 Å². The van der Waals surface area contributed by atoms with E-state index < -0.39 is 5.91 Å². The third-order valence-electron chi connectivity index (χ3n) is 4.08. The average Bonchev–Trinajstić information content (AvgIpc) is 3.38. The van der Waals surface area contributed by atoms with Gasteiger partial charge >= 0.3 is 0 Å². The van der Waals surface area contributed by atoms with Crippen molar-refractivity contribution in [3.63, 3.8) is 0 Å². The van der Waals surface area contributed by atoms with Gasteiger partial charge in [0.1, 0.15) is 11.3 Å². The highest BCUT2D eigenvalue weighted by Crippen LogP contribution is 2.35. The molecule has 5 nitrogen and oxygen atoms in total. The van der Waals surface area contributed by atoms with E-state index in [4.69, 9.17) is 16.0 Å². The van der Waals surface area contributed by atoms with Gasteiger partial charge in [-0.1, -0.05) is 29.8 Å². The molecule has 4 rings (SSSR count). The molecule has 0 spiro atoms. The Morgan fingerprint density at radius 2 is 1.84 bits per heavy atom. The smallest absolute Gasteiger partial charge is 0.293 e. The molecule has 0 unspecified atom stereocenters. The van der Waals surface area contributed by atoms with Crippen molar-refractivity contribution in [1.29, 1.82) is 0 Å². The second-order valence-electron chi connectivity index (χ2n) is 6.03. The van der Waals surface area contributed by atoms with Crippen molar-refractivity contribution in [3.8, 4) is 0 Å². The second-order valence-corrected chi connectivity index (χ2v) is 6.47. The lowest BCUT2D eigenvalue weighted by atomic mass is 10.2. The first-order valence-corrected chi connectivity index (χ1v) is 8.39. The Morgan fingerprint density at radius 3 is 2.60 bits per heavy atom. The minimum Gasteiger partial charge on any atom is -0.449 e. The molecule has 126 valence electrons. The van der Waals surface area contributed by atoms with E-state index in [9.17, 15) is 9.59 Å². The predicted molar refractivity (Wildman–Crippen MR) is 97.0 cm³/mol. The second kappa shape index (κ2) is 6.26. The van der Waals surface area contributed by atoms with Gasteiger partial charge in [0, 0.05) is 22.0 Å². The summed E-state index contributed by atoms with van der Waals surface area (Å²) in [4.78, 5) is 24.9. The SMILES string of the molecule is O=C(Nc1cccc(Cl)c1)c1oc2ccccc2c1NC(=O)C1CC1. The van der Waals surface area contributed by atoms with Crippen LogP contribution in [0.2, 0.25) is 5.02 Å². The quantitative estimate of drug-likeness (QED) is 0.714. The first kappa shape index (κ1) is 15.7. The van der Waals surface area contributed by atoms with Crippen molar-refractivity contribution in [2.75, 3.05) is 10.6 Å². The molecule has 1 saturated carbocycles. The molecule has 1 heterocycles. The number of furan rings is 1. The van der Waals surface area contributed by atoms with E-state index in [2.05, 4.69) is 10.6 Å². The molecule has 1 aliphatic rings. The largest absolute Gasteiger partial charge is 0.449 e. The molecule has 6 heteroatoms. The third-order valence-corrected chi connectivity index (χ3v) is 4.32. The molecule has 0 radical (unpaired) electrons. The number of halogens is 1. The van der Waals surface area contributed by atoms with Crippen molar-refractivity contribution in [2.45, 2.75) is 12.8 Å². The summed E-state index contributed by atoms with van der Waals surface area (Å²) in [6.45, 7) is 0. The van der Waals surface area contributed by atoms with E-state index in [1.807, 2.05) is 18.2 Å². The fraction of sp³-hybridized carbons (Fsp3) is 0.158. The molecule has 1 fully saturated rings. The third kappa shape index (κ3) is 3.23. The fourth-order valence-corrected chi connectivity index (χ4v) is 2.84. The normalized spacial score (nSPS) is 13.6. The Balaban J connectivity index is 1.69. The van der Waals surface area contributed by atoms with Crippen LogP contribution in [0.1, 0.15) is 23.4 Å². The van der Waals surface area contributed by atoms with Gasteiger partial charge in [0.15, 0.2) is 0 Å². The van der Waals surface area contributed by atoms with Crippen LogP contribution in [0.4, 0.5) is 11.4 Å². The highest BCUT2D eigenvalue weighted by molar-refractivity contribution is 6.31. The number of para-hydroxylation sites is 1. The van der Waals surface area contributed by atoms with Gasteiger partial charge in [-0.15, -0.1) is 0 Å². The van der Waals surface area contributed by atoms with E-state index in [1.165, 1.54) is 0 Å². The zero-order valence-corrected chi connectivity index (χ0v) is 14.0. The fourth-order valence-electron chi connectivity index (χ4n) is 2.65. The number of benzene rings is 2. The molecule has 0 bridgehead atoms. The first-order chi connectivity index (χ1) is 12.1. The van der Waals surface area contributed by atoms with Crippen LogP contribution in [0.15, 0.2) is 52.9 Å². The summed E-state index contributed by atoms with van der Waals surface area (Å²) in [7, 11) is 0. The van der Waals surface area contributed by atoms with Crippen LogP contribution >= 0.6 is 11.6 Å². The highest BCUT2D eigenvalue weighted by Gasteiger charge is 2.32. The zero-order chi connectivity index (χ0) is 17.4. The Bertz CT molecular complexity index is 976. The molecule has 25 heavy (non-hydrogen) atoms. The van der Waals surface area contributed by atoms with Crippen LogP contribution in [0.5, 0.6) is 0 Å². The van der Waals surface area contributed by atoms with Gasteiger partial charge in [-0.05, 0) is 43.2 Å². The summed E-state index contributed by atoms with van der Waals surface area (Å²) in [6, 6.07) is 14.1. The number of nitrogens with one attached hydrogen (secondary N) is 2. The number of fused-ring (bicyclic) bond motifs is 1. The van der Waals surface area contributed by atoms with Crippen molar-refractivity contribution in [3.05, 3.63) is 59.3 Å². The standard InChI is InChI=1S/C19H15ClN2O3/c20-12-4-3-5-13(10-12)21-19(24)17-16(22-18(23)11-8-9-11)14-6-1-2-7-15(14)25-17/h1-7,10-11H,8-9H2,(H,21,24)(H,22,23). The molecular weight excluding hydrogens is 340 g/mol. The lowest BCUT2D eigenvalue weighted by Gasteiger charge is -2.07. The number of anilines is 2. The van der Waals surface area contributed by atoms with Crippen LogP contribution in [-0.2, 0) is 4.79 Å². The van der Waals surface area contributed by atoms with E-state index in [0.717, 1.165) is 12.8 Å². The number of carbonyl (C=O) groups is 2. The van der Waals surface area contributed by atoms with Crippen molar-refractivity contribution < 1.29 is 14.0 Å². The van der Waals surface area contributed by atoms with Crippen LogP contribution < -0.4 is 10.6 Å². The maximum absolute atomic E-state index is 12.7. The molecule has 0 atom stereocenters. The van der Waals surface area contributed by atoms with Crippen molar-refractivity contribution in [1.82, 2.24) is 0 Å². The molecule has 2 aromatic carbocycles. The maximum Gasteiger partial charge on any atom is 0.293 e. The molecule has 0 aliphatic heterocycles. The summed E-state index contributed by atoms with van der Waals surface area (Å²) < 4.78 is 5.70. The number of hydrogen-bond donors (Lipinski definition) is 2. The summed E-state index contributed by atoms with van der Waals surface area (Å²) in [5.41, 5.74) is 1.51. The van der Waals surface area contributed by atoms with Crippen LogP contribution in [0.3, 0.4) is 0 Å². The van der Waals surface area contributed by atoms with Gasteiger partial charge in [0.25, 0.3) is 5.91 Å². The van der Waals surface area contributed by atoms with Gasteiger partial charge in [-0.3, -0.25) is 9.59 Å². The average molecular weight is 355 g/mol. The Morgan fingerprint density at radius 1 is 1.04 bits per heavy atom. The summed E-state index contributed by atoms with van der Waals surface area (Å²) in [5, 5.41) is 6.82. The summed E-state index contributed by atoms with van der Waals surface area (Å²) in [6.07, 6.45) is 1.76. The predicted octanol–water partition coefficient (Wildman–Crippen LogP) is 4.69. The van der Waals surface area contributed by atoms with Crippen molar-refractivity contribution in [2.24, 2.45) is 5.92 Å². The van der Waals surface area contributed by atoms with E-state index in [1.54, 1.807) is 30.3 Å². The van der Waals surface area contributed by atoms with Crippen molar-refractivity contribution >= 4 is 45.8 Å². The lowest BCUT2D eigenvalue weighted by Crippen LogP contribution is -2.18. The number of amides is 2. The minimum atomic E-state index is -0.440. The zero-order valence-electron chi connectivity index (χ0n) is 13.2. The van der Waals surface area contributed by atoms with Gasteiger partial charge in [-0.2, -0.15) is 0 Å². The topological polar surface area (TPSA) is 71.3 Å². The van der Waals surface area contributed by atoms with Crippen LogP contribution in [0.25, 0.3) is 11.0 Å². The van der Waals surface area contributed by atoms with Crippen LogP contribution in [0, 0.1) is 5.92 Å². The maximum atomic E-state index is 12.7. The monoisotopic (exact) mass is 354 g/mol. The number of carbonyl (C=O) groups excluding carboxylic acids is 2. The molecule has 3 aromatic rings. The number of hydrogen-bond acceptors (Lipinski definition) is 3. The molecule has 0 saturated heterocycles. The molecule has 2 amide bonds. The summed E-state index contributed by atoms with van der Waals surface area (Å²) >= 11 is 5.95. The van der Waals surface area contributed by atoms with Gasteiger partial charge < -0.3 is 15.1 Å².